The van der Waals surface area contributed by atoms with E-state index in [9.17, 15) is 0 Å². The van der Waals surface area contributed by atoms with Crippen molar-refractivity contribution in [3.63, 3.8) is 0 Å². The van der Waals surface area contributed by atoms with Crippen molar-refractivity contribution in [1.82, 2.24) is 0 Å². The van der Waals surface area contributed by atoms with E-state index in [1.54, 1.807) is 0 Å². The Hall–Kier alpha value is -1.85. The first-order valence-corrected chi connectivity index (χ1v) is 4.83. The first-order chi connectivity index (χ1) is 7.33. The maximum absolute atomic E-state index is 9.02. The minimum Gasteiger partial charge on any atom is -0.392 e. The van der Waals surface area contributed by atoms with Gasteiger partial charge in [-0.3, -0.25) is 0 Å². The molecular weight excluding hydrogens is 186 g/mol. The van der Waals surface area contributed by atoms with Gasteiger partial charge in [0.25, 0.3) is 0 Å². The summed E-state index contributed by atoms with van der Waals surface area (Å²) in [5, 5.41) is 19.8. The molecule has 0 heterocycles. The van der Waals surface area contributed by atoms with E-state index in [2.05, 4.69) is 6.07 Å². The first kappa shape index (κ1) is 9.70. The third kappa shape index (κ3) is 1.98. The van der Waals surface area contributed by atoms with Crippen LogP contribution in [0.2, 0.25) is 0 Å². The van der Waals surface area contributed by atoms with E-state index in [1.165, 1.54) is 0 Å². The zero-order chi connectivity index (χ0) is 10.7. The molecule has 0 fully saturated rings. The van der Waals surface area contributed by atoms with Crippen LogP contribution in [-0.2, 0) is 13.0 Å². The van der Waals surface area contributed by atoms with E-state index in [0.717, 1.165) is 21.9 Å². The number of aliphatic hydroxyl groups is 1. The first-order valence-electron chi connectivity index (χ1n) is 4.83. The Morgan fingerprint density at radius 2 is 1.67 bits per heavy atom. The van der Waals surface area contributed by atoms with Crippen LogP contribution in [0.5, 0.6) is 0 Å². The summed E-state index contributed by atoms with van der Waals surface area (Å²) in [4.78, 5) is 0. The lowest BCUT2D eigenvalue weighted by Gasteiger charge is -2.02. The van der Waals surface area contributed by atoms with Gasteiger partial charge in [0.05, 0.1) is 19.1 Å². The molecule has 74 valence electrons. The van der Waals surface area contributed by atoms with E-state index in [-0.39, 0.29) is 6.61 Å². The van der Waals surface area contributed by atoms with Gasteiger partial charge in [-0.05, 0) is 28.0 Å². The van der Waals surface area contributed by atoms with Gasteiger partial charge in [-0.2, -0.15) is 5.26 Å². The molecule has 0 spiro atoms. The van der Waals surface area contributed by atoms with E-state index in [1.807, 2.05) is 36.4 Å². The van der Waals surface area contributed by atoms with Gasteiger partial charge >= 0.3 is 0 Å². The highest BCUT2D eigenvalue weighted by Gasteiger charge is 1.97. The third-order valence-electron chi connectivity index (χ3n) is 2.43. The molecule has 0 aliphatic carbocycles. The van der Waals surface area contributed by atoms with Crippen molar-refractivity contribution >= 4 is 10.8 Å². The highest BCUT2D eigenvalue weighted by atomic mass is 16.3. The second-order valence-corrected chi connectivity index (χ2v) is 3.51. The van der Waals surface area contributed by atoms with Crippen LogP contribution in [0, 0.1) is 11.3 Å². The summed E-state index contributed by atoms with van der Waals surface area (Å²) < 4.78 is 0. The fourth-order valence-corrected chi connectivity index (χ4v) is 1.65. The van der Waals surface area contributed by atoms with Gasteiger partial charge in [0.2, 0.25) is 0 Å². The Balaban J connectivity index is 2.53. The van der Waals surface area contributed by atoms with Crippen molar-refractivity contribution in [3.05, 3.63) is 47.5 Å². The zero-order valence-electron chi connectivity index (χ0n) is 8.27. The number of benzene rings is 2. The van der Waals surface area contributed by atoms with Crippen LogP contribution in [0.1, 0.15) is 11.1 Å². The average Bonchev–Trinajstić information content (AvgIpc) is 2.28. The molecule has 0 amide bonds. The normalized spacial score (nSPS) is 10.1. The number of nitrogens with zero attached hydrogens (tertiary/aromatic N) is 1. The average molecular weight is 197 g/mol. The molecule has 0 saturated heterocycles. The Morgan fingerprint density at radius 1 is 1.00 bits per heavy atom. The molecule has 0 aromatic heterocycles. The topological polar surface area (TPSA) is 44.0 Å². The highest BCUT2D eigenvalue weighted by Crippen LogP contribution is 2.18. The number of nitriles is 1. The second-order valence-electron chi connectivity index (χ2n) is 3.51. The summed E-state index contributed by atoms with van der Waals surface area (Å²) in [6.07, 6.45) is 0.430. The summed E-state index contributed by atoms with van der Waals surface area (Å²) >= 11 is 0. The molecule has 1 N–H and O–H groups in total. The van der Waals surface area contributed by atoms with Gasteiger partial charge in [0.15, 0.2) is 0 Å². The largest absolute Gasteiger partial charge is 0.392 e. The molecule has 0 atom stereocenters. The predicted octanol–water partition coefficient (Wildman–Crippen LogP) is 2.40. The SMILES string of the molecule is N#CCc1ccc2ccc(CO)cc2c1. The van der Waals surface area contributed by atoms with Crippen LogP contribution >= 0.6 is 0 Å². The number of fused-ring (bicyclic) bond motifs is 1. The minimum atomic E-state index is 0.0540. The van der Waals surface area contributed by atoms with Gasteiger partial charge in [0, 0.05) is 0 Å². The maximum Gasteiger partial charge on any atom is 0.0682 e. The van der Waals surface area contributed by atoms with Crippen molar-refractivity contribution < 1.29 is 5.11 Å². The van der Waals surface area contributed by atoms with E-state index >= 15 is 0 Å². The number of aliphatic hydroxyl groups excluding tert-OH is 1. The Kier molecular flexibility index (Phi) is 2.66. The van der Waals surface area contributed by atoms with Crippen LogP contribution in [0.3, 0.4) is 0 Å². The maximum atomic E-state index is 9.02. The molecule has 0 aliphatic heterocycles. The zero-order valence-corrected chi connectivity index (χ0v) is 8.27. The second kappa shape index (κ2) is 4.12. The highest BCUT2D eigenvalue weighted by molar-refractivity contribution is 5.83. The Morgan fingerprint density at radius 3 is 2.33 bits per heavy atom. The lowest BCUT2D eigenvalue weighted by molar-refractivity contribution is 0.282. The fraction of sp³-hybridized carbons (Fsp3) is 0.154. The molecule has 2 nitrogen and oxygen atoms in total. The molecule has 0 unspecified atom stereocenters. The van der Waals surface area contributed by atoms with E-state index < -0.39 is 0 Å². The lowest BCUT2D eigenvalue weighted by atomic mass is 10.0. The minimum absolute atomic E-state index is 0.0540. The summed E-state index contributed by atoms with van der Waals surface area (Å²) in [7, 11) is 0. The molecule has 0 bridgehead atoms. The lowest BCUT2D eigenvalue weighted by Crippen LogP contribution is -1.85. The number of rotatable bonds is 2. The quantitative estimate of drug-likeness (QED) is 0.803. The monoisotopic (exact) mass is 197 g/mol. The summed E-state index contributed by atoms with van der Waals surface area (Å²) in [6, 6.07) is 13.9. The molecule has 0 radical (unpaired) electrons. The molecule has 0 aliphatic rings. The van der Waals surface area contributed by atoms with Gasteiger partial charge in [0.1, 0.15) is 0 Å². The molecular formula is C13H11NO. The standard InChI is InChI=1S/C13H11NO/c14-6-5-10-1-3-12-4-2-11(9-15)8-13(12)7-10/h1-4,7-8,15H,5,9H2. The van der Waals surface area contributed by atoms with Crippen molar-refractivity contribution in [2.75, 3.05) is 0 Å². The van der Waals surface area contributed by atoms with Crippen LogP contribution in [0.4, 0.5) is 0 Å². The van der Waals surface area contributed by atoms with Gasteiger partial charge in [-0.1, -0.05) is 30.3 Å². The summed E-state index contributed by atoms with van der Waals surface area (Å²) in [5.74, 6) is 0. The van der Waals surface area contributed by atoms with Crippen LogP contribution < -0.4 is 0 Å². The van der Waals surface area contributed by atoms with Crippen molar-refractivity contribution in [3.8, 4) is 6.07 Å². The van der Waals surface area contributed by atoms with Crippen molar-refractivity contribution in [2.45, 2.75) is 13.0 Å². The predicted molar refractivity (Wildman–Crippen MR) is 59.2 cm³/mol. The summed E-state index contributed by atoms with van der Waals surface area (Å²) in [6.45, 7) is 0.0540. The smallest absolute Gasteiger partial charge is 0.0682 e. The van der Waals surface area contributed by atoms with E-state index in [0.29, 0.717) is 6.42 Å². The number of hydrogen-bond acceptors (Lipinski definition) is 2. The molecule has 0 saturated carbocycles. The van der Waals surface area contributed by atoms with Gasteiger partial charge in [-0.15, -0.1) is 0 Å². The van der Waals surface area contributed by atoms with Crippen LogP contribution in [0.25, 0.3) is 10.8 Å². The van der Waals surface area contributed by atoms with Gasteiger partial charge in [-0.25, -0.2) is 0 Å². The van der Waals surface area contributed by atoms with Crippen LogP contribution in [0.15, 0.2) is 36.4 Å². The molecule has 2 heteroatoms. The molecule has 2 rings (SSSR count). The molecule has 2 aromatic carbocycles. The molecule has 15 heavy (non-hydrogen) atoms. The van der Waals surface area contributed by atoms with E-state index in [4.69, 9.17) is 10.4 Å². The third-order valence-corrected chi connectivity index (χ3v) is 2.43. The van der Waals surface area contributed by atoms with Crippen molar-refractivity contribution in [1.29, 1.82) is 5.26 Å². The van der Waals surface area contributed by atoms with Gasteiger partial charge < -0.3 is 5.11 Å². The summed E-state index contributed by atoms with van der Waals surface area (Å²) in [5.41, 5.74) is 1.91. The molecule has 2 aromatic rings. The fourth-order valence-electron chi connectivity index (χ4n) is 1.65. The Bertz CT molecular complexity index is 526. The van der Waals surface area contributed by atoms with Crippen molar-refractivity contribution in [2.24, 2.45) is 0 Å². The Labute approximate surface area is 88.4 Å². The van der Waals surface area contributed by atoms with Crippen LogP contribution in [-0.4, -0.2) is 5.11 Å². The number of hydrogen-bond donors (Lipinski definition) is 1.